The molecule has 136 valence electrons. The van der Waals surface area contributed by atoms with Gasteiger partial charge in [-0.25, -0.2) is 14.6 Å². The Balaban J connectivity index is 1.70. The van der Waals surface area contributed by atoms with Crippen molar-refractivity contribution in [2.45, 2.75) is 19.9 Å². The first-order valence-electron chi connectivity index (χ1n) is 8.11. The van der Waals surface area contributed by atoms with E-state index < -0.39 is 17.2 Å². The molecule has 0 aliphatic rings. The Morgan fingerprint density at radius 1 is 1.19 bits per heavy atom. The highest BCUT2D eigenvalue weighted by Crippen LogP contribution is 2.04. The fourth-order valence-corrected chi connectivity index (χ4v) is 2.65. The van der Waals surface area contributed by atoms with Crippen LogP contribution in [0.25, 0.3) is 11.2 Å². The van der Waals surface area contributed by atoms with Crippen molar-refractivity contribution in [1.82, 2.24) is 23.7 Å². The molecule has 0 atom stereocenters. The number of rotatable bonds is 5. The highest BCUT2D eigenvalue weighted by Gasteiger charge is 2.15. The van der Waals surface area contributed by atoms with Crippen LogP contribution in [0.15, 0.2) is 34.2 Å². The van der Waals surface area contributed by atoms with E-state index in [0.29, 0.717) is 23.1 Å². The van der Waals surface area contributed by atoms with Gasteiger partial charge in [0.05, 0.1) is 18.5 Å². The van der Waals surface area contributed by atoms with Crippen LogP contribution in [-0.2, 0) is 25.4 Å². The highest BCUT2D eigenvalue weighted by atomic mass is 16.5. The number of carbonyl (C=O) groups excluding carboxylic acids is 1. The molecular weight excluding hydrogens is 338 g/mol. The predicted octanol–water partition coefficient (Wildman–Crippen LogP) is 0.384. The number of aryl methyl sites for hydroxylation is 3. The van der Waals surface area contributed by atoms with Crippen LogP contribution in [-0.4, -0.2) is 36.2 Å². The van der Waals surface area contributed by atoms with Crippen molar-refractivity contribution < 1.29 is 9.53 Å². The molecule has 0 bridgehead atoms. The lowest BCUT2D eigenvalue weighted by atomic mass is 10.2. The molecule has 0 aromatic carbocycles. The molecule has 0 saturated carbocycles. The van der Waals surface area contributed by atoms with E-state index in [1.165, 1.54) is 17.1 Å². The average molecular weight is 357 g/mol. The lowest BCUT2D eigenvalue weighted by Crippen LogP contribution is -2.39. The lowest BCUT2D eigenvalue weighted by molar-refractivity contribution is 0.0495. The van der Waals surface area contributed by atoms with Crippen molar-refractivity contribution in [3.05, 3.63) is 56.8 Å². The molecule has 9 heteroatoms. The number of hydrogen-bond acceptors (Lipinski definition) is 6. The van der Waals surface area contributed by atoms with Crippen LogP contribution in [0.3, 0.4) is 0 Å². The van der Waals surface area contributed by atoms with Gasteiger partial charge in [-0.3, -0.25) is 18.9 Å². The first-order valence-corrected chi connectivity index (χ1v) is 8.11. The predicted molar refractivity (Wildman–Crippen MR) is 94.1 cm³/mol. The number of esters is 1. The fraction of sp³-hybridized carbons (Fsp3) is 0.353. The summed E-state index contributed by atoms with van der Waals surface area (Å²) in [4.78, 5) is 44.9. The molecule has 26 heavy (non-hydrogen) atoms. The Morgan fingerprint density at radius 2 is 1.96 bits per heavy atom. The van der Waals surface area contributed by atoms with E-state index in [1.54, 1.807) is 30.8 Å². The van der Waals surface area contributed by atoms with Crippen molar-refractivity contribution in [2.75, 3.05) is 6.61 Å². The van der Waals surface area contributed by atoms with E-state index >= 15 is 0 Å². The summed E-state index contributed by atoms with van der Waals surface area (Å²) in [5.41, 5.74) is 1.02. The number of ether oxygens (including phenoxy) is 1. The Morgan fingerprint density at radius 3 is 2.65 bits per heavy atom. The zero-order chi connectivity index (χ0) is 18.8. The van der Waals surface area contributed by atoms with Crippen LogP contribution >= 0.6 is 0 Å². The minimum Gasteiger partial charge on any atom is -0.462 e. The molecule has 9 nitrogen and oxygen atoms in total. The van der Waals surface area contributed by atoms with Crippen molar-refractivity contribution in [1.29, 1.82) is 0 Å². The second-order valence-corrected chi connectivity index (χ2v) is 6.00. The molecule has 0 spiro atoms. The standard InChI is InChI=1S/C17H19N5O4/c1-11-5-6-12(9-18-11)16(24)26-8-4-7-22-15(23)13-14(19-10-20(13)2)21(3)17(22)25/h5-6,9-10H,4,7-8H2,1-3H3. The summed E-state index contributed by atoms with van der Waals surface area (Å²) in [6, 6.07) is 3.37. The van der Waals surface area contributed by atoms with Crippen LogP contribution in [0, 0.1) is 6.92 Å². The SMILES string of the molecule is Cc1ccc(C(=O)OCCCn2c(=O)c3c(ncn3C)n(C)c2=O)cn1. The maximum absolute atomic E-state index is 12.5. The van der Waals surface area contributed by atoms with E-state index in [-0.39, 0.29) is 13.2 Å². The van der Waals surface area contributed by atoms with E-state index in [0.717, 1.165) is 10.3 Å². The van der Waals surface area contributed by atoms with E-state index in [1.807, 2.05) is 6.92 Å². The monoisotopic (exact) mass is 357 g/mol. The van der Waals surface area contributed by atoms with Crippen molar-refractivity contribution in [2.24, 2.45) is 14.1 Å². The molecule has 0 aliphatic heterocycles. The van der Waals surface area contributed by atoms with Gasteiger partial charge in [-0.1, -0.05) is 0 Å². The molecule has 0 saturated heterocycles. The average Bonchev–Trinajstić information content (AvgIpc) is 3.01. The maximum Gasteiger partial charge on any atom is 0.339 e. The summed E-state index contributed by atoms with van der Waals surface area (Å²) in [7, 11) is 3.26. The van der Waals surface area contributed by atoms with E-state index in [4.69, 9.17) is 4.74 Å². The summed E-state index contributed by atoms with van der Waals surface area (Å²) in [6.45, 7) is 2.06. The van der Waals surface area contributed by atoms with Gasteiger partial charge in [0.2, 0.25) is 0 Å². The molecule has 0 fully saturated rings. The Hall–Kier alpha value is -3.23. The van der Waals surface area contributed by atoms with E-state index in [9.17, 15) is 14.4 Å². The lowest BCUT2D eigenvalue weighted by Gasteiger charge is -2.09. The van der Waals surface area contributed by atoms with E-state index in [2.05, 4.69) is 9.97 Å². The molecule has 3 aromatic rings. The molecule has 0 N–H and O–H groups in total. The first-order chi connectivity index (χ1) is 12.4. The van der Waals surface area contributed by atoms with Gasteiger partial charge in [0.1, 0.15) is 0 Å². The minimum absolute atomic E-state index is 0.0890. The van der Waals surface area contributed by atoms with Gasteiger partial charge in [-0.05, 0) is 25.5 Å². The molecule has 3 heterocycles. The third-order valence-electron chi connectivity index (χ3n) is 4.11. The van der Waals surface area contributed by atoms with Gasteiger partial charge in [0.25, 0.3) is 5.56 Å². The summed E-state index contributed by atoms with van der Waals surface area (Å²) in [5, 5.41) is 0. The summed E-state index contributed by atoms with van der Waals surface area (Å²) in [5.74, 6) is -0.486. The zero-order valence-corrected chi connectivity index (χ0v) is 14.8. The van der Waals surface area contributed by atoms with Crippen molar-refractivity contribution >= 4 is 17.1 Å². The van der Waals surface area contributed by atoms with Crippen molar-refractivity contribution in [3.63, 3.8) is 0 Å². The van der Waals surface area contributed by atoms with Crippen LogP contribution in [0.5, 0.6) is 0 Å². The third-order valence-corrected chi connectivity index (χ3v) is 4.11. The number of nitrogens with zero attached hydrogens (tertiary/aromatic N) is 5. The first kappa shape index (κ1) is 17.6. The summed E-state index contributed by atoms with van der Waals surface area (Å²) < 4.78 is 9.22. The quantitative estimate of drug-likeness (QED) is 0.483. The zero-order valence-electron chi connectivity index (χ0n) is 14.8. The molecule has 0 unspecified atom stereocenters. The van der Waals surface area contributed by atoms with Crippen LogP contribution < -0.4 is 11.2 Å². The summed E-state index contributed by atoms with van der Waals surface area (Å²) >= 11 is 0. The fourth-order valence-electron chi connectivity index (χ4n) is 2.65. The summed E-state index contributed by atoms with van der Waals surface area (Å²) in [6.07, 6.45) is 3.28. The highest BCUT2D eigenvalue weighted by molar-refractivity contribution is 5.88. The van der Waals surface area contributed by atoms with Crippen LogP contribution in [0.1, 0.15) is 22.5 Å². The molecule has 0 aliphatic carbocycles. The molecule has 0 radical (unpaired) electrons. The van der Waals surface area contributed by atoms with Gasteiger partial charge in [0.15, 0.2) is 11.2 Å². The maximum atomic E-state index is 12.5. The van der Waals surface area contributed by atoms with Gasteiger partial charge in [-0.15, -0.1) is 0 Å². The number of imidazole rings is 1. The molecular formula is C17H19N5O4. The second kappa shape index (κ2) is 6.95. The van der Waals surface area contributed by atoms with Gasteiger partial charge in [0, 0.05) is 32.5 Å². The number of carbonyl (C=O) groups is 1. The minimum atomic E-state index is -0.486. The second-order valence-electron chi connectivity index (χ2n) is 6.00. The number of fused-ring (bicyclic) bond motifs is 1. The largest absolute Gasteiger partial charge is 0.462 e. The van der Waals surface area contributed by atoms with Gasteiger partial charge >= 0.3 is 11.7 Å². The number of pyridine rings is 1. The van der Waals surface area contributed by atoms with Gasteiger partial charge in [-0.2, -0.15) is 0 Å². The Labute approximate surface area is 148 Å². The Bertz CT molecular complexity index is 1080. The van der Waals surface area contributed by atoms with Crippen molar-refractivity contribution in [3.8, 4) is 0 Å². The number of hydrogen-bond donors (Lipinski definition) is 0. The normalized spacial score (nSPS) is 11.0. The van der Waals surface area contributed by atoms with Gasteiger partial charge < -0.3 is 9.30 Å². The van der Waals surface area contributed by atoms with Crippen LogP contribution in [0.2, 0.25) is 0 Å². The molecule has 0 amide bonds. The number of aromatic nitrogens is 5. The topological polar surface area (TPSA) is 101 Å². The molecule has 3 rings (SSSR count). The Kier molecular flexibility index (Phi) is 4.70. The molecule has 3 aromatic heterocycles. The smallest absolute Gasteiger partial charge is 0.339 e. The third kappa shape index (κ3) is 3.15. The van der Waals surface area contributed by atoms with Crippen LogP contribution in [0.4, 0.5) is 0 Å².